The number of carbonyl (C=O) groups excluding carboxylic acids is 2. The Morgan fingerprint density at radius 2 is 1.59 bits per heavy atom. The zero-order chi connectivity index (χ0) is 13.4. The van der Waals surface area contributed by atoms with E-state index in [4.69, 9.17) is 0 Å². The zero-order valence-corrected chi connectivity index (χ0v) is 11.0. The topological polar surface area (TPSA) is 34.1 Å². The molecule has 1 rings (SSSR count). The fourth-order valence-corrected chi connectivity index (χ4v) is 1.32. The lowest BCUT2D eigenvalue weighted by molar-refractivity contribution is 0.0927. The van der Waals surface area contributed by atoms with Crippen LogP contribution in [0.1, 0.15) is 48.4 Å². The van der Waals surface area contributed by atoms with Crippen LogP contribution < -0.4 is 0 Å². The molecule has 0 N–H and O–H groups in total. The van der Waals surface area contributed by atoms with E-state index in [-0.39, 0.29) is 17.5 Å². The van der Waals surface area contributed by atoms with E-state index in [9.17, 15) is 9.59 Å². The molecular weight excluding hydrogens is 212 g/mol. The summed E-state index contributed by atoms with van der Waals surface area (Å²) in [7, 11) is 0. The molecule has 0 saturated heterocycles. The highest BCUT2D eigenvalue weighted by Crippen LogP contribution is 2.14. The zero-order valence-electron chi connectivity index (χ0n) is 11.0. The van der Waals surface area contributed by atoms with E-state index in [1.165, 1.54) is 6.92 Å². The van der Waals surface area contributed by atoms with E-state index < -0.39 is 0 Å². The average molecular weight is 232 g/mol. The van der Waals surface area contributed by atoms with Gasteiger partial charge in [-0.15, -0.1) is 6.58 Å². The summed E-state index contributed by atoms with van der Waals surface area (Å²) in [5, 5.41) is 0. The van der Waals surface area contributed by atoms with Gasteiger partial charge in [0.2, 0.25) is 0 Å². The fraction of sp³-hybridized carbons (Fsp3) is 0.333. The molecule has 0 amide bonds. The molecule has 0 spiro atoms. The van der Waals surface area contributed by atoms with Crippen molar-refractivity contribution in [3.05, 3.63) is 48.0 Å². The number of hydrogen-bond donors (Lipinski definition) is 0. The van der Waals surface area contributed by atoms with Gasteiger partial charge in [0.05, 0.1) is 0 Å². The van der Waals surface area contributed by atoms with Crippen molar-refractivity contribution < 1.29 is 9.59 Å². The first-order chi connectivity index (χ1) is 7.95. The summed E-state index contributed by atoms with van der Waals surface area (Å²) >= 11 is 0. The van der Waals surface area contributed by atoms with Crippen LogP contribution in [0.2, 0.25) is 0 Å². The van der Waals surface area contributed by atoms with Gasteiger partial charge in [0.15, 0.2) is 11.6 Å². The molecule has 2 heteroatoms. The Labute approximate surface area is 103 Å². The minimum atomic E-state index is -0.0736. The molecule has 0 radical (unpaired) electrons. The molecule has 92 valence electrons. The third-order valence-corrected chi connectivity index (χ3v) is 2.10. The van der Waals surface area contributed by atoms with Gasteiger partial charge >= 0.3 is 0 Å². The summed E-state index contributed by atoms with van der Waals surface area (Å²) in [6, 6.07) is 6.95. The lowest BCUT2D eigenvalue weighted by atomic mass is 9.95. The van der Waals surface area contributed by atoms with Gasteiger partial charge in [-0.05, 0) is 13.8 Å². The highest BCUT2D eigenvalue weighted by atomic mass is 16.1. The Morgan fingerprint density at radius 1 is 1.18 bits per heavy atom. The minimum Gasteiger partial charge on any atom is -0.294 e. The van der Waals surface area contributed by atoms with Gasteiger partial charge in [-0.2, -0.15) is 0 Å². The molecule has 0 bridgehead atoms. The highest BCUT2D eigenvalue weighted by Gasteiger charge is 2.15. The van der Waals surface area contributed by atoms with E-state index in [1.807, 2.05) is 20.8 Å². The standard InChI is InChI=1S/C12H14O2.C3H6/c1-8(2)12(14)11-7-5-4-6-10(11)9(3)13;1-3-2/h4-8H,1-3H3;3H,1H2,2H3. The predicted octanol–water partition coefficient (Wildman–Crippen LogP) is 3.92. The first kappa shape index (κ1) is 15.3. The van der Waals surface area contributed by atoms with Crippen molar-refractivity contribution >= 4 is 11.6 Å². The third kappa shape index (κ3) is 4.77. The largest absolute Gasteiger partial charge is 0.294 e. The van der Waals surface area contributed by atoms with Gasteiger partial charge in [0.25, 0.3) is 0 Å². The normalized spacial score (nSPS) is 9.24. The quantitative estimate of drug-likeness (QED) is 0.584. The van der Waals surface area contributed by atoms with Crippen LogP contribution in [0.15, 0.2) is 36.9 Å². The summed E-state index contributed by atoms with van der Waals surface area (Å²) in [5.74, 6) is -0.110. The van der Waals surface area contributed by atoms with Gasteiger partial charge in [0, 0.05) is 17.0 Å². The average Bonchev–Trinajstić information content (AvgIpc) is 2.29. The SMILES string of the molecule is C=CC.CC(=O)c1ccccc1C(=O)C(C)C. The van der Waals surface area contributed by atoms with E-state index in [1.54, 1.807) is 30.3 Å². The van der Waals surface area contributed by atoms with Crippen LogP contribution in [0.4, 0.5) is 0 Å². The molecule has 0 heterocycles. The summed E-state index contributed by atoms with van der Waals surface area (Å²) in [6.45, 7) is 10.4. The molecule has 0 aromatic heterocycles. The Bertz CT molecular complexity index is 403. The molecule has 1 aromatic carbocycles. The number of carbonyl (C=O) groups is 2. The first-order valence-corrected chi connectivity index (χ1v) is 5.66. The Morgan fingerprint density at radius 3 is 1.94 bits per heavy atom. The van der Waals surface area contributed by atoms with Gasteiger partial charge < -0.3 is 0 Å². The smallest absolute Gasteiger partial charge is 0.166 e. The molecule has 2 nitrogen and oxygen atoms in total. The highest BCUT2D eigenvalue weighted by molar-refractivity contribution is 6.08. The van der Waals surface area contributed by atoms with E-state index in [0.717, 1.165) is 0 Å². The summed E-state index contributed by atoms with van der Waals surface area (Å²) < 4.78 is 0. The van der Waals surface area contributed by atoms with Crippen LogP contribution in [0.5, 0.6) is 0 Å². The van der Waals surface area contributed by atoms with Crippen molar-refractivity contribution in [3.8, 4) is 0 Å². The second-order valence-corrected chi connectivity index (χ2v) is 4.03. The van der Waals surface area contributed by atoms with Gasteiger partial charge in [-0.3, -0.25) is 9.59 Å². The number of allylic oxidation sites excluding steroid dienone is 1. The second kappa shape index (κ2) is 7.55. The fourth-order valence-electron chi connectivity index (χ4n) is 1.32. The number of Topliss-reactive ketones (excluding diaryl/α,β-unsaturated/α-hetero) is 2. The van der Waals surface area contributed by atoms with Crippen LogP contribution >= 0.6 is 0 Å². The number of rotatable bonds is 3. The summed E-state index contributed by atoms with van der Waals surface area (Å²) in [6.07, 6.45) is 1.75. The lowest BCUT2D eigenvalue weighted by Crippen LogP contribution is -2.12. The van der Waals surface area contributed by atoms with Crippen LogP contribution in [0.3, 0.4) is 0 Å². The first-order valence-electron chi connectivity index (χ1n) is 5.66. The summed E-state index contributed by atoms with van der Waals surface area (Å²) in [5.41, 5.74) is 1.06. The van der Waals surface area contributed by atoms with Crippen molar-refractivity contribution in [3.63, 3.8) is 0 Å². The van der Waals surface area contributed by atoms with Crippen LogP contribution in [0.25, 0.3) is 0 Å². The molecule has 1 aromatic rings. The van der Waals surface area contributed by atoms with Gasteiger partial charge in [-0.25, -0.2) is 0 Å². The molecule has 17 heavy (non-hydrogen) atoms. The van der Waals surface area contributed by atoms with Crippen molar-refractivity contribution in [1.82, 2.24) is 0 Å². The minimum absolute atomic E-state index is 0.0239. The molecule has 0 aliphatic carbocycles. The van der Waals surface area contributed by atoms with Crippen molar-refractivity contribution in [1.29, 1.82) is 0 Å². The molecule has 0 fully saturated rings. The Kier molecular flexibility index (Phi) is 6.80. The van der Waals surface area contributed by atoms with Gasteiger partial charge in [0.1, 0.15) is 0 Å². The molecule has 0 aliphatic heterocycles. The van der Waals surface area contributed by atoms with Crippen LogP contribution in [-0.4, -0.2) is 11.6 Å². The monoisotopic (exact) mass is 232 g/mol. The maximum absolute atomic E-state index is 11.7. The molecule has 0 aliphatic rings. The number of benzene rings is 1. The van der Waals surface area contributed by atoms with Crippen molar-refractivity contribution in [2.45, 2.75) is 27.7 Å². The molecule has 0 saturated carbocycles. The Hall–Kier alpha value is -1.70. The molecule has 0 unspecified atom stereocenters. The van der Waals surface area contributed by atoms with Crippen LogP contribution in [-0.2, 0) is 0 Å². The van der Waals surface area contributed by atoms with Crippen molar-refractivity contribution in [2.75, 3.05) is 0 Å². The Balaban J connectivity index is 0.000000770. The van der Waals surface area contributed by atoms with Crippen LogP contribution in [0, 0.1) is 5.92 Å². The third-order valence-electron chi connectivity index (χ3n) is 2.10. The van der Waals surface area contributed by atoms with E-state index in [2.05, 4.69) is 6.58 Å². The number of ketones is 2. The molecular formula is C15H20O2. The van der Waals surface area contributed by atoms with E-state index in [0.29, 0.717) is 11.1 Å². The summed E-state index contributed by atoms with van der Waals surface area (Å²) in [4.78, 5) is 23.0. The number of hydrogen-bond acceptors (Lipinski definition) is 2. The van der Waals surface area contributed by atoms with E-state index >= 15 is 0 Å². The van der Waals surface area contributed by atoms with Crippen molar-refractivity contribution in [2.24, 2.45) is 5.92 Å². The van der Waals surface area contributed by atoms with Gasteiger partial charge in [-0.1, -0.05) is 44.2 Å². The molecule has 0 atom stereocenters. The predicted molar refractivity (Wildman–Crippen MR) is 71.5 cm³/mol. The lowest BCUT2D eigenvalue weighted by Gasteiger charge is -2.07. The second-order valence-electron chi connectivity index (χ2n) is 4.03. The maximum atomic E-state index is 11.7. The maximum Gasteiger partial charge on any atom is 0.166 e.